The van der Waals surface area contributed by atoms with E-state index in [0.29, 0.717) is 45.8 Å². The second kappa shape index (κ2) is 8.82. The van der Waals surface area contributed by atoms with E-state index in [0.717, 1.165) is 25.7 Å². The van der Waals surface area contributed by atoms with Gasteiger partial charge in [-0.05, 0) is 18.9 Å². The van der Waals surface area contributed by atoms with Crippen molar-refractivity contribution in [1.82, 2.24) is 9.88 Å². The van der Waals surface area contributed by atoms with Crippen molar-refractivity contribution >= 4 is 34.4 Å². The number of hydrogen-bond acceptors (Lipinski definition) is 7. The van der Waals surface area contributed by atoms with Gasteiger partial charge in [-0.1, -0.05) is 37.5 Å². The lowest BCUT2D eigenvalue weighted by atomic mass is 9.94. The van der Waals surface area contributed by atoms with Crippen LogP contribution in [0.4, 0.5) is 5.69 Å². The lowest BCUT2D eigenvalue weighted by Gasteiger charge is -2.30. The Kier molecular flexibility index (Phi) is 5.47. The number of carbonyl (C=O) groups excluding carboxylic acids is 3. The van der Waals surface area contributed by atoms with Gasteiger partial charge in [0.15, 0.2) is 11.5 Å². The molecule has 0 radical (unpaired) electrons. The topological polar surface area (TPSA) is 107 Å². The standard InChI is InChI=1S/C27H25N3O6/c1-34-27(33)17-11-21-22(36-14-35-21)12-20(17)29-25(31)23-16-9-5-6-10-19(16)28-24-18(23)13-30(26(24)32)15-7-3-2-4-8-15/h5-6,9-12,15H,2-4,7-8,13-14H2,1H3,(H,29,31). The first-order valence-corrected chi connectivity index (χ1v) is 12.1. The van der Waals surface area contributed by atoms with Gasteiger partial charge in [0.1, 0.15) is 5.69 Å². The molecule has 0 bridgehead atoms. The molecule has 9 nitrogen and oxygen atoms in total. The van der Waals surface area contributed by atoms with E-state index in [9.17, 15) is 14.4 Å². The molecule has 1 aliphatic carbocycles. The molecule has 1 fully saturated rings. The molecule has 36 heavy (non-hydrogen) atoms. The molecule has 0 saturated heterocycles. The van der Waals surface area contributed by atoms with Crippen LogP contribution in [0, 0.1) is 0 Å². The van der Waals surface area contributed by atoms with Gasteiger partial charge in [-0.25, -0.2) is 9.78 Å². The van der Waals surface area contributed by atoms with Crippen LogP contribution < -0.4 is 14.8 Å². The highest BCUT2D eigenvalue weighted by Crippen LogP contribution is 2.39. The third kappa shape index (κ3) is 3.62. The molecule has 1 aromatic heterocycles. The maximum atomic E-state index is 13.8. The Morgan fingerprint density at radius 1 is 1.08 bits per heavy atom. The van der Waals surface area contributed by atoms with E-state index in [-0.39, 0.29) is 30.0 Å². The Labute approximate surface area is 207 Å². The second-order valence-corrected chi connectivity index (χ2v) is 9.25. The number of pyridine rings is 1. The number of para-hydroxylation sites is 1. The van der Waals surface area contributed by atoms with Gasteiger partial charge in [0.25, 0.3) is 11.8 Å². The van der Waals surface area contributed by atoms with Crippen molar-refractivity contribution in [3.05, 3.63) is 58.8 Å². The number of hydrogen-bond donors (Lipinski definition) is 1. The van der Waals surface area contributed by atoms with Crippen molar-refractivity contribution < 1.29 is 28.6 Å². The zero-order chi connectivity index (χ0) is 24.8. The molecule has 2 amide bonds. The lowest BCUT2D eigenvalue weighted by Crippen LogP contribution is -2.37. The van der Waals surface area contributed by atoms with Crippen LogP contribution >= 0.6 is 0 Å². The first-order valence-electron chi connectivity index (χ1n) is 12.1. The number of carbonyl (C=O) groups is 3. The quantitative estimate of drug-likeness (QED) is 0.547. The van der Waals surface area contributed by atoms with Gasteiger partial charge in [0.2, 0.25) is 6.79 Å². The van der Waals surface area contributed by atoms with Gasteiger partial charge in [-0.2, -0.15) is 0 Å². The number of anilines is 1. The molecular formula is C27H25N3O6. The zero-order valence-corrected chi connectivity index (χ0v) is 19.8. The third-order valence-corrected chi connectivity index (χ3v) is 7.19. The molecule has 1 N–H and O–H groups in total. The summed E-state index contributed by atoms with van der Waals surface area (Å²) in [6.45, 7) is 0.360. The number of fused-ring (bicyclic) bond motifs is 3. The van der Waals surface area contributed by atoms with Gasteiger partial charge in [0.05, 0.1) is 29.4 Å². The molecule has 1 saturated carbocycles. The van der Waals surface area contributed by atoms with Gasteiger partial charge in [-0.3, -0.25) is 9.59 Å². The summed E-state index contributed by atoms with van der Waals surface area (Å²) in [5.74, 6) is -0.368. The summed E-state index contributed by atoms with van der Waals surface area (Å²) in [6.07, 6.45) is 5.28. The van der Waals surface area contributed by atoms with E-state index in [1.165, 1.54) is 19.6 Å². The SMILES string of the molecule is COC(=O)c1cc2c(cc1NC(=O)c1c3c(nc4ccccc14)C(=O)N(C1CCCCC1)C3)OCO2. The summed E-state index contributed by atoms with van der Waals surface area (Å²) in [5, 5.41) is 3.52. The van der Waals surface area contributed by atoms with Crippen LogP contribution in [0.2, 0.25) is 0 Å². The Morgan fingerprint density at radius 2 is 1.83 bits per heavy atom. The Morgan fingerprint density at radius 3 is 2.61 bits per heavy atom. The van der Waals surface area contributed by atoms with Gasteiger partial charge < -0.3 is 24.4 Å². The number of nitrogens with zero attached hydrogens (tertiary/aromatic N) is 2. The van der Waals surface area contributed by atoms with E-state index in [1.54, 1.807) is 12.1 Å². The second-order valence-electron chi connectivity index (χ2n) is 9.25. The van der Waals surface area contributed by atoms with Crippen molar-refractivity contribution in [2.75, 3.05) is 19.2 Å². The number of nitrogens with one attached hydrogen (secondary N) is 1. The fraction of sp³-hybridized carbons (Fsp3) is 0.333. The predicted octanol–water partition coefficient (Wildman–Crippen LogP) is 4.29. The maximum absolute atomic E-state index is 13.8. The number of methoxy groups -OCH3 is 1. The van der Waals surface area contributed by atoms with Crippen LogP contribution in [0.1, 0.15) is 68.9 Å². The van der Waals surface area contributed by atoms with Crippen LogP contribution in [0.3, 0.4) is 0 Å². The van der Waals surface area contributed by atoms with E-state index >= 15 is 0 Å². The number of benzene rings is 2. The monoisotopic (exact) mass is 487 g/mol. The Balaban J connectivity index is 1.43. The molecule has 3 heterocycles. The highest BCUT2D eigenvalue weighted by Gasteiger charge is 2.38. The van der Waals surface area contributed by atoms with Crippen molar-refractivity contribution in [3.63, 3.8) is 0 Å². The summed E-state index contributed by atoms with van der Waals surface area (Å²) in [7, 11) is 1.27. The van der Waals surface area contributed by atoms with Crippen LogP contribution in [-0.2, 0) is 11.3 Å². The summed E-state index contributed by atoms with van der Waals surface area (Å²) < 4.78 is 15.7. The van der Waals surface area contributed by atoms with Crippen LogP contribution in [0.25, 0.3) is 10.9 Å². The van der Waals surface area contributed by atoms with Crippen molar-refractivity contribution in [3.8, 4) is 11.5 Å². The zero-order valence-electron chi connectivity index (χ0n) is 19.8. The van der Waals surface area contributed by atoms with E-state index in [4.69, 9.17) is 14.2 Å². The molecule has 2 aromatic carbocycles. The average Bonchev–Trinajstić information content (AvgIpc) is 3.50. The largest absolute Gasteiger partial charge is 0.465 e. The molecule has 2 aliphatic heterocycles. The average molecular weight is 488 g/mol. The van der Waals surface area contributed by atoms with E-state index in [1.807, 2.05) is 23.1 Å². The van der Waals surface area contributed by atoms with Crippen molar-refractivity contribution in [2.24, 2.45) is 0 Å². The molecule has 0 unspecified atom stereocenters. The first kappa shape index (κ1) is 22.3. The molecule has 9 heteroatoms. The smallest absolute Gasteiger partial charge is 0.340 e. The predicted molar refractivity (Wildman–Crippen MR) is 130 cm³/mol. The minimum atomic E-state index is -0.618. The molecule has 0 atom stereocenters. The third-order valence-electron chi connectivity index (χ3n) is 7.19. The number of rotatable bonds is 4. The fourth-order valence-electron chi connectivity index (χ4n) is 5.42. The summed E-state index contributed by atoms with van der Waals surface area (Å²) in [6, 6.07) is 10.5. The minimum absolute atomic E-state index is 0.0228. The number of esters is 1. The summed E-state index contributed by atoms with van der Waals surface area (Å²) in [5.41, 5.74) is 2.27. The number of aromatic nitrogens is 1. The van der Waals surface area contributed by atoms with Crippen LogP contribution in [0.5, 0.6) is 11.5 Å². The van der Waals surface area contributed by atoms with Gasteiger partial charge >= 0.3 is 5.97 Å². The van der Waals surface area contributed by atoms with Gasteiger partial charge in [-0.15, -0.1) is 0 Å². The molecule has 6 rings (SSSR count). The van der Waals surface area contributed by atoms with E-state index < -0.39 is 11.9 Å². The van der Waals surface area contributed by atoms with E-state index in [2.05, 4.69) is 10.3 Å². The highest BCUT2D eigenvalue weighted by molar-refractivity contribution is 6.17. The summed E-state index contributed by atoms with van der Waals surface area (Å²) >= 11 is 0. The van der Waals surface area contributed by atoms with Crippen molar-refractivity contribution in [1.29, 1.82) is 0 Å². The highest BCUT2D eigenvalue weighted by atomic mass is 16.7. The van der Waals surface area contributed by atoms with Crippen molar-refractivity contribution in [2.45, 2.75) is 44.7 Å². The normalized spacial score (nSPS) is 16.8. The molecule has 3 aromatic rings. The summed E-state index contributed by atoms with van der Waals surface area (Å²) in [4.78, 5) is 46.3. The lowest BCUT2D eigenvalue weighted by molar-refractivity contribution is 0.0600. The van der Waals surface area contributed by atoms with Crippen LogP contribution in [0.15, 0.2) is 36.4 Å². The Hall–Kier alpha value is -4.14. The number of ether oxygens (including phenoxy) is 3. The van der Waals surface area contributed by atoms with Crippen LogP contribution in [-0.4, -0.2) is 47.6 Å². The fourth-order valence-corrected chi connectivity index (χ4v) is 5.42. The first-order chi connectivity index (χ1) is 17.5. The number of amides is 2. The molecule has 0 spiro atoms. The molecular weight excluding hydrogens is 462 g/mol. The van der Waals surface area contributed by atoms with Gasteiger partial charge in [0, 0.05) is 35.7 Å². The molecule has 3 aliphatic rings. The Bertz CT molecular complexity index is 1410. The molecule has 184 valence electrons. The minimum Gasteiger partial charge on any atom is -0.465 e. The maximum Gasteiger partial charge on any atom is 0.340 e.